The van der Waals surface area contributed by atoms with Crippen LogP contribution in [0.15, 0.2) is 24.3 Å². The first kappa shape index (κ1) is 17.5. The number of carbonyl (C=O) groups excluding carboxylic acids is 3. The van der Waals surface area contributed by atoms with Crippen molar-refractivity contribution in [3.63, 3.8) is 0 Å². The molecule has 0 spiro atoms. The summed E-state index contributed by atoms with van der Waals surface area (Å²) in [4.78, 5) is 34.6. The molecule has 0 saturated heterocycles. The van der Waals surface area contributed by atoms with E-state index < -0.39 is 24.0 Å². The van der Waals surface area contributed by atoms with Gasteiger partial charge in [-0.1, -0.05) is 12.1 Å². The molecule has 0 radical (unpaired) electrons. The number of imide groups is 1. The molecule has 22 heavy (non-hydrogen) atoms. The highest BCUT2D eigenvalue weighted by Crippen LogP contribution is 2.12. The number of esters is 1. The van der Waals surface area contributed by atoms with Gasteiger partial charge in [0.05, 0.1) is 13.5 Å². The van der Waals surface area contributed by atoms with Crippen LogP contribution < -0.4 is 15.4 Å². The number of hydrogen-bond donors (Lipinski definition) is 2. The van der Waals surface area contributed by atoms with Crippen molar-refractivity contribution in [1.29, 1.82) is 0 Å². The highest BCUT2D eigenvalue weighted by Gasteiger charge is 2.19. The van der Waals surface area contributed by atoms with Gasteiger partial charge >= 0.3 is 12.0 Å². The van der Waals surface area contributed by atoms with Crippen LogP contribution in [0.3, 0.4) is 0 Å². The second kappa shape index (κ2) is 8.66. The Balaban J connectivity index is 2.45. The molecule has 0 aliphatic heterocycles. The molecule has 1 rings (SSSR count). The molecule has 3 amide bonds. The summed E-state index contributed by atoms with van der Waals surface area (Å²) >= 11 is 0. The molecule has 0 unspecified atom stereocenters. The Morgan fingerprint density at radius 3 is 2.36 bits per heavy atom. The number of methoxy groups -OCH3 is 1. The van der Waals surface area contributed by atoms with Crippen molar-refractivity contribution in [2.45, 2.75) is 26.4 Å². The predicted molar refractivity (Wildman–Crippen MR) is 79.5 cm³/mol. The van der Waals surface area contributed by atoms with Crippen molar-refractivity contribution >= 4 is 17.9 Å². The molecule has 0 bridgehead atoms. The first-order chi connectivity index (χ1) is 10.5. The monoisotopic (exact) mass is 308 g/mol. The van der Waals surface area contributed by atoms with Crippen LogP contribution in [-0.2, 0) is 20.7 Å². The normalized spacial score (nSPS) is 11.2. The third-order valence-corrected chi connectivity index (χ3v) is 2.76. The smallest absolute Gasteiger partial charge is 0.321 e. The third-order valence-electron chi connectivity index (χ3n) is 2.76. The molecule has 0 aliphatic rings. The number of carbonyl (C=O) groups is 3. The number of rotatable bonds is 6. The van der Waals surface area contributed by atoms with Gasteiger partial charge in [0.1, 0.15) is 5.75 Å². The lowest BCUT2D eigenvalue weighted by molar-refractivity contribution is -0.153. The van der Waals surface area contributed by atoms with Gasteiger partial charge in [-0.3, -0.25) is 14.9 Å². The van der Waals surface area contributed by atoms with Crippen molar-refractivity contribution in [2.24, 2.45) is 0 Å². The number of ether oxygens (including phenoxy) is 2. The van der Waals surface area contributed by atoms with Crippen LogP contribution in [0.5, 0.6) is 5.75 Å². The van der Waals surface area contributed by atoms with Crippen molar-refractivity contribution in [1.82, 2.24) is 10.6 Å². The Morgan fingerprint density at radius 1 is 1.18 bits per heavy atom. The topological polar surface area (TPSA) is 93.7 Å². The predicted octanol–water partition coefficient (Wildman–Crippen LogP) is 1.02. The molecule has 0 heterocycles. The van der Waals surface area contributed by atoms with Gasteiger partial charge in [0.2, 0.25) is 0 Å². The van der Waals surface area contributed by atoms with Crippen LogP contribution >= 0.6 is 0 Å². The summed E-state index contributed by atoms with van der Waals surface area (Å²) in [5.41, 5.74) is 0.738. The zero-order valence-corrected chi connectivity index (χ0v) is 12.8. The first-order valence-corrected chi connectivity index (χ1v) is 6.87. The molecule has 2 N–H and O–H groups in total. The number of amides is 3. The number of urea groups is 1. The average molecular weight is 308 g/mol. The van der Waals surface area contributed by atoms with Crippen molar-refractivity contribution in [3.8, 4) is 5.75 Å². The zero-order chi connectivity index (χ0) is 16.5. The summed E-state index contributed by atoms with van der Waals surface area (Å²) in [7, 11) is 1.55. The van der Waals surface area contributed by atoms with Gasteiger partial charge in [-0.2, -0.15) is 0 Å². The zero-order valence-electron chi connectivity index (χ0n) is 12.8. The van der Waals surface area contributed by atoms with Gasteiger partial charge in [0.25, 0.3) is 5.91 Å². The van der Waals surface area contributed by atoms with Crippen molar-refractivity contribution < 1.29 is 23.9 Å². The fraction of sp³-hybridized carbons (Fsp3) is 0.400. The third kappa shape index (κ3) is 5.82. The van der Waals surface area contributed by atoms with Crippen LogP contribution in [0.25, 0.3) is 0 Å². The van der Waals surface area contributed by atoms with E-state index in [-0.39, 0.29) is 6.42 Å². The van der Waals surface area contributed by atoms with E-state index in [2.05, 4.69) is 10.6 Å². The molecule has 7 heteroatoms. The average Bonchev–Trinajstić information content (AvgIpc) is 2.48. The van der Waals surface area contributed by atoms with Gasteiger partial charge < -0.3 is 14.8 Å². The molecule has 1 atom stereocenters. The van der Waals surface area contributed by atoms with Gasteiger partial charge in [-0.25, -0.2) is 4.79 Å². The maximum Gasteiger partial charge on any atom is 0.321 e. The van der Waals surface area contributed by atoms with E-state index in [1.165, 1.54) is 6.92 Å². The molecule has 0 aromatic heterocycles. The molecule has 0 aliphatic carbocycles. The van der Waals surface area contributed by atoms with Crippen molar-refractivity contribution in [2.75, 3.05) is 13.7 Å². The second-order valence-electron chi connectivity index (χ2n) is 4.51. The maximum absolute atomic E-state index is 11.8. The van der Waals surface area contributed by atoms with Crippen LogP contribution in [0.2, 0.25) is 0 Å². The molecule has 7 nitrogen and oxygen atoms in total. The second-order valence-corrected chi connectivity index (χ2v) is 4.51. The fourth-order valence-electron chi connectivity index (χ4n) is 1.62. The highest BCUT2D eigenvalue weighted by molar-refractivity contribution is 5.97. The lowest BCUT2D eigenvalue weighted by Gasteiger charge is -2.13. The molecular weight excluding hydrogens is 288 g/mol. The lowest BCUT2D eigenvalue weighted by atomic mass is 10.1. The number of benzene rings is 1. The fourth-order valence-corrected chi connectivity index (χ4v) is 1.62. The van der Waals surface area contributed by atoms with Crippen molar-refractivity contribution in [3.05, 3.63) is 29.8 Å². The first-order valence-electron chi connectivity index (χ1n) is 6.87. The molecule has 0 saturated carbocycles. The van der Waals surface area contributed by atoms with Crippen LogP contribution in [0.4, 0.5) is 4.79 Å². The SMILES string of the molecule is CCNC(=O)NC(=O)[C@H](C)OC(=O)Cc1ccc(OC)cc1. The van der Waals surface area contributed by atoms with E-state index in [0.29, 0.717) is 12.3 Å². The standard InChI is InChI=1S/C15H20N2O5/c1-4-16-15(20)17-14(19)10(2)22-13(18)9-11-5-7-12(21-3)8-6-11/h5-8,10H,4,9H2,1-3H3,(H2,16,17,19,20)/t10-/m0/s1. The van der Waals surface area contributed by atoms with Gasteiger partial charge in [-0.05, 0) is 31.5 Å². The summed E-state index contributed by atoms with van der Waals surface area (Å²) in [5, 5.41) is 4.49. The van der Waals surface area contributed by atoms with Gasteiger partial charge in [0, 0.05) is 6.54 Å². The molecular formula is C15H20N2O5. The van der Waals surface area contributed by atoms with Crippen LogP contribution in [0, 0.1) is 0 Å². The quantitative estimate of drug-likeness (QED) is 0.765. The summed E-state index contributed by atoms with van der Waals surface area (Å²) in [5.74, 6) is -0.537. The highest BCUT2D eigenvalue weighted by atomic mass is 16.5. The molecule has 0 fully saturated rings. The summed E-state index contributed by atoms with van der Waals surface area (Å²) in [6, 6.07) is 6.31. The minimum Gasteiger partial charge on any atom is -0.497 e. The van der Waals surface area contributed by atoms with E-state index in [9.17, 15) is 14.4 Å². The largest absolute Gasteiger partial charge is 0.497 e. The molecule has 120 valence electrons. The van der Waals surface area contributed by atoms with Crippen LogP contribution in [0.1, 0.15) is 19.4 Å². The molecule has 1 aromatic carbocycles. The maximum atomic E-state index is 11.8. The van der Waals surface area contributed by atoms with Crippen LogP contribution in [-0.4, -0.2) is 37.7 Å². The Kier molecular flexibility index (Phi) is 6.88. The van der Waals surface area contributed by atoms with Gasteiger partial charge in [0.15, 0.2) is 6.10 Å². The lowest BCUT2D eigenvalue weighted by Crippen LogP contribution is -2.44. The Bertz CT molecular complexity index is 527. The van der Waals surface area contributed by atoms with E-state index in [1.54, 1.807) is 38.3 Å². The minimum atomic E-state index is -1.05. The van der Waals surface area contributed by atoms with E-state index >= 15 is 0 Å². The minimum absolute atomic E-state index is 0.0305. The van der Waals surface area contributed by atoms with Gasteiger partial charge in [-0.15, -0.1) is 0 Å². The summed E-state index contributed by atoms with van der Waals surface area (Å²) in [6.45, 7) is 3.52. The van der Waals surface area contributed by atoms with E-state index in [0.717, 1.165) is 5.56 Å². The summed E-state index contributed by atoms with van der Waals surface area (Å²) in [6.07, 6.45) is -1.02. The van der Waals surface area contributed by atoms with E-state index in [4.69, 9.17) is 9.47 Å². The molecule has 1 aromatic rings. The number of nitrogens with one attached hydrogen (secondary N) is 2. The Morgan fingerprint density at radius 2 is 1.82 bits per heavy atom. The Labute approximate surface area is 129 Å². The number of hydrogen-bond acceptors (Lipinski definition) is 5. The summed E-state index contributed by atoms with van der Waals surface area (Å²) < 4.78 is 10.0. The Hall–Kier alpha value is -2.57. The van der Waals surface area contributed by atoms with E-state index in [1.807, 2.05) is 0 Å².